The van der Waals surface area contributed by atoms with Crippen molar-refractivity contribution in [2.45, 2.75) is 167 Å². The minimum Gasteiger partial charge on any atom is -0.394 e. The Labute approximate surface area is 329 Å². The van der Waals surface area contributed by atoms with Crippen molar-refractivity contribution >= 4 is 5.91 Å². The normalized spacial score (nSPS) is 51.6. The minimum absolute atomic E-state index is 0.752. The van der Waals surface area contributed by atoms with E-state index in [1.807, 2.05) is 0 Å². The Kier molecular flexibility index (Phi) is 16.5. The van der Waals surface area contributed by atoms with Crippen molar-refractivity contribution in [3.8, 4) is 0 Å². The van der Waals surface area contributed by atoms with Crippen LogP contribution in [0.1, 0.15) is 13.8 Å². The molecule has 25 atom stereocenters. The lowest BCUT2D eigenvalue weighted by Crippen LogP contribution is -2.70. The molecule has 5 aliphatic rings. The first kappa shape index (κ1) is 47.6. The summed E-state index contributed by atoms with van der Waals surface area (Å²) in [5.74, 6) is -0.752. The molecule has 0 aliphatic carbocycles. The first-order valence-electron chi connectivity index (χ1n) is 18.5. The van der Waals surface area contributed by atoms with Crippen LogP contribution in [0, 0.1) is 0 Å². The van der Waals surface area contributed by atoms with E-state index in [0.717, 1.165) is 6.92 Å². The van der Waals surface area contributed by atoms with Crippen LogP contribution in [-0.4, -0.2) is 262 Å². The van der Waals surface area contributed by atoms with Gasteiger partial charge in [-0.1, -0.05) is 0 Å². The van der Waals surface area contributed by atoms with Crippen LogP contribution in [-0.2, 0) is 47.4 Å². The maximum atomic E-state index is 12.1. The molecule has 338 valence electrons. The standard InChI is InChI=1S/C32H55NO25/c1-7-14(39)19(44)22(47)29(50-7)58-27-25(18(43)12(6-37)54-32(27)55-24-13(33-8(2)38)28(49)51-11(5-36)17(24)42)56-31-26(21(46)16(41)10(4-35)53-31)57-30-23(48)20(45)15(40)9(3-34)52-30/h7,9-32,34-37,39-49H,3-6H2,1-2H3,(H,33,38)/t7-,9+,10+,11+,12+,13+,14+,15-,16-,17-,18-,19+,20-,21-,22-,23+,24+,25-,26+,27+,28-,29-,30-,31+,32-/m0/s1. The Balaban J connectivity index is 1.55. The number of hydrogen-bond acceptors (Lipinski definition) is 25. The summed E-state index contributed by atoms with van der Waals surface area (Å²) in [6, 6.07) is -1.60. The lowest BCUT2D eigenvalue weighted by Gasteiger charge is -2.51. The average Bonchev–Trinajstić information content (AvgIpc) is 3.19. The van der Waals surface area contributed by atoms with E-state index in [1.165, 1.54) is 6.92 Å². The van der Waals surface area contributed by atoms with E-state index in [2.05, 4.69) is 5.32 Å². The van der Waals surface area contributed by atoms with E-state index in [4.69, 9.17) is 42.6 Å². The Morgan fingerprint density at radius 2 is 0.845 bits per heavy atom. The quantitative estimate of drug-likeness (QED) is 0.0818. The lowest BCUT2D eigenvalue weighted by molar-refractivity contribution is -0.410. The van der Waals surface area contributed by atoms with Gasteiger partial charge in [-0.05, 0) is 6.92 Å². The molecule has 0 radical (unpaired) electrons. The van der Waals surface area contributed by atoms with Crippen molar-refractivity contribution in [3.63, 3.8) is 0 Å². The van der Waals surface area contributed by atoms with Crippen molar-refractivity contribution in [2.75, 3.05) is 26.4 Å². The second-order valence-corrected chi connectivity index (χ2v) is 14.7. The van der Waals surface area contributed by atoms with Gasteiger partial charge in [0, 0.05) is 6.92 Å². The van der Waals surface area contributed by atoms with E-state index in [0.29, 0.717) is 0 Å². The summed E-state index contributed by atoms with van der Waals surface area (Å²) in [5, 5.41) is 161. The van der Waals surface area contributed by atoms with Crippen molar-refractivity contribution < 1.29 is 124 Å². The highest BCUT2D eigenvalue weighted by Crippen LogP contribution is 2.37. The largest absolute Gasteiger partial charge is 0.394 e. The van der Waals surface area contributed by atoms with Gasteiger partial charge in [-0.25, -0.2) is 0 Å². The van der Waals surface area contributed by atoms with E-state index >= 15 is 0 Å². The Hall–Kier alpha value is -1.49. The van der Waals surface area contributed by atoms with Gasteiger partial charge in [0.2, 0.25) is 5.91 Å². The van der Waals surface area contributed by atoms with Crippen LogP contribution in [0.5, 0.6) is 0 Å². The molecule has 0 bridgehead atoms. The molecule has 26 heteroatoms. The average molecular weight is 854 g/mol. The molecule has 0 spiro atoms. The molecule has 0 aromatic carbocycles. The Bertz CT molecular complexity index is 1310. The third kappa shape index (κ3) is 9.75. The highest BCUT2D eigenvalue weighted by atomic mass is 16.8. The SMILES string of the molecule is CC(=O)N[C@@H]1[C@@H](O[C@@H]2O[C@H](CO)[C@H](O)[C@H](O[C@H]3O[C@H](CO)[C@H](O)[C@H](O)[C@H]3O[C@@H]3O[C@H](CO)[C@H](O)[C@H](O)[C@H]3O)[C@H]2O[C@@H]2O[C@@H](C)[C@@H](O)[C@@H](O)[C@@H]2O)[C@@H](O)[C@@H](CO)O[C@@H]1O. The molecule has 0 unspecified atom stereocenters. The topological polar surface area (TPSA) is 416 Å². The maximum Gasteiger partial charge on any atom is 0.217 e. The summed E-state index contributed by atoms with van der Waals surface area (Å²) in [6.45, 7) is -1.39. The molecule has 26 nitrogen and oxygen atoms in total. The van der Waals surface area contributed by atoms with Crippen LogP contribution < -0.4 is 5.32 Å². The molecule has 1 amide bonds. The van der Waals surface area contributed by atoms with Crippen LogP contribution in [0.15, 0.2) is 0 Å². The van der Waals surface area contributed by atoms with Gasteiger partial charge in [-0.3, -0.25) is 4.79 Å². The van der Waals surface area contributed by atoms with E-state index in [9.17, 15) is 81.4 Å². The molecule has 5 rings (SSSR count). The van der Waals surface area contributed by atoms with Crippen LogP contribution in [0.2, 0.25) is 0 Å². The minimum atomic E-state index is -2.10. The number of rotatable bonds is 13. The number of nitrogens with one attached hydrogen (secondary N) is 1. The van der Waals surface area contributed by atoms with Gasteiger partial charge >= 0.3 is 0 Å². The first-order chi connectivity index (χ1) is 27.4. The van der Waals surface area contributed by atoms with E-state index < -0.39 is 186 Å². The molecular formula is C32H55NO25. The van der Waals surface area contributed by atoms with Crippen LogP contribution in [0.3, 0.4) is 0 Å². The number of aliphatic hydroxyl groups excluding tert-OH is 15. The fraction of sp³-hybridized carbons (Fsp3) is 0.969. The smallest absolute Gasteiger partial charge is 0.217 e. The van der Waals surface area contributed by atoms with Gasteiger partial charge in [0.25, 0.3) is 0 Å². The fourth-order valence-electron chi connectivity index (χ4n) is 7.32. The lowest BCUT2D eigenvalue weighted by atomic mass is 9.94. The van der Waals surface area contributed by atoms with Gasteiger partial charge in [-0.2, -0.15) is 0 Å². The molecule has 16 N–H and O–H groups in total. The van der Waals surface area contributed by atoms with Gasteiger partial charge < -0.3 is 125 Å². The summed E-state index contributed by atoms with van der Waals surface area (Å²) in [5.41, 5.74) is 0. The summed E-state index contributed by atoms with van der Waals surface area (Å²) >= 11 is 0. The zero-order valence-corrected chi connectivity index (χ0v) is 31.1. The molecule has 5 aliphatic heterocycles. The van der Waals surface area contributed by atoms with Gasteiger partial charge in [0.05, 0.1) is 32.5 Å². The monoisotopic (exact) mass is 853 g/mol. The molecular weight excluding hydrogens is 798 g/mol. The van der Waals surface area contributed by atoms with Gasteiger partial charge in [-0.15, -0.1) is 0 Å². The van der Waals surface area contributed by atoms with Crippen LogP contribution in [0.25, 0.3) is 0 Å². The fourth-order valence-corrected chi connectivity index (χ4v) is 7.32. The van der Waals surface area contributed by atoms with Crippen molar-refractivity contribution in [3.05, 3.63) is 0 Å². The zero-order valence-electron chi connectivity index (χ0n) is 31.1. The number of hydrogen-bond donors (Lipinski definition) is 16. The van der Waals surface area contributed by atoms with E-state index in [1.54, 1.807) is 0 Å². The van der Waals surface area contributed by atoms with Crippen molar-refractivity contribution in [2.24, 2.45) is 0 Å². The number of aliphatic hydroxyl groups is 15. The van der Waals surface area contributed by atoms with Gasteiger partial charge in [0.1, 0.15) is 116 Å². The number of ether oxygens (including phenoxy) is 9. The third-order valence-electron chi connectivity index (χ3n) is 10.7. The highest BCUT2D eigenvalue weighted by Gasteiger charge is 2.58. The second kappa shape index (κ2) is 20.1. The Morgan fingerprint density at radius 1 is 0.448 bits per heavy atom. The second-order valence-electron chi connectivity index (χ2n) is 14.7. The predicted molar refractivity (Wildman–Crippen MR) is 177 cm³/mol. The van der Waals surface area contributed by atoms with Crippen LogP contribution in [0.4, 0.5) is 0 Å². The third-order valence-corrected chi connectivity index (χ3v) is 10.7. The summed E-state index contributed by atoms with van der Waals surface area (Å²) < 4.78 is 51.6. The predicted octanol–water partition coefficient (Wildman–Crippen LogP) is -10.8. The number of carbonyl (C=O) groups excluding carboxylic acids is 1. The molecule has 0 aromatic rings. The Morgan fingerprint density at radius 3 is 1.40 bits per heavy atom. The summed E-state index contributed by atoms with van der Waals surface area (Å²) in [7, 11) is 0. The molecule has 0 saturated carbocycles. The number of carbonyl (C=O) groups is 1. The first-order valence-corrected chi connectivity index (χ1v) is 18.5. The summed E-state index contributed by atoms with van der Waals surface area (Å²) in [4.78, 5) is 12.1. The van der Waals surface area contributed by atoms with Crippen LogP contribution >= 0.6 is 0 Å². The van der Waals surface area contributed by atoms with Crippen molar-refractivity contribution in [1.29, 1.82) is 0 Å². The molecule has 5 saturated heterocycles. The molecule has 5 fully saturated rings. The number of amides is 1. The summed E-state index contributed by atoms with van der Waals surface area (Å²) in [6.07, 6.45) is -44.8. The molecule has 5 heterocycles. The molecule has 58 heavy (non-hydrogen) atoms. The maximum absolute atomic E-state index is 12.1. The molecule has 0 aromatic heterocycles. The highest BCUT2D eigenvalue weighted by molar-refractivity contribution is 5.73. The van der Waals surface area contributed by atoms with Crippen molar-refractivity contribution in [1.82, 2.24) is 5.32 Å². The zero-order chi connectivity index (χ0) is 42.9. The van der Waals surface area contributed by atoms with Gasteiger partial charge in [0.15, 0.2) is 31.5 Å². The van der Waals surface area contributed by atoms with E-state index in [-0.39, 0.29) is 0 Å².